The predicted molar refractivity (Wildman–Crippen MR) is 97.3 cm³/mol. The van der Waals surface area contributed by atoms with Gasteiger partial charge in [0.05, 0.1) is 17.8 Å². The monoisotopic (exact) mass is 342 g/mol. The molecule has 134 valence electrons. The largest absolute Gasteiger partial charge is 0.494 e. The summed E-state index contributed by atoms with van der Waals surface area (Å²) in [6.45, 7) is 7.44. The topological polar surface area (TPSA) is 56.9 Å². The molecule has 2 heterocycles. The van der Waals surface area contributed by atoms with Crippen LogP contribution in [0.15, 0.2) is 39.8 Å². The van der Waals surface area contributed by atoms with Gasteiger partial charge in [-0.2, -0.15) is 0 Å². The Kier molecular flexibility index (Phi) is 5.41. The van der Waals surface area contributed by atoms with Gasteiger partial charge in [0.25, 0.3) is 0 Å². The molecule has 3 rings (SSSR count). The van der Waals surface area contributed by atoms with Gasteiger partial charge in [0.2, 0.25) is 5.90 Å². The second-order valence-electron chi connectivity index (χ2n) is 7.14. The van der Waals surface area contributed by atoms with Crippen molar-refractivity contribution in [3.05, 3.63) is 47.3 Å². The molecule has 0 saturated carbocycles. The van der Waals surface area contributed by atoms with Crippen molar-refractivity contribution in [2.45, 2.75) is 52.0 Å². The lowest BCUT2D eigenvalue weighted by molar-refractivity contribution is 0.279. The van der Waals surface area contributed by atoms with Crippen LogP contribution in [0.4, 0.5) is 0 Å². The number of benzene rings is 1. The van der Waals surface area contributed by atoms with Crippen molar-refractivity contribution in [2.24, 2.45) is 4.99 Å². The Hall–Kier alpha value is -2.30. The van der Waals surface area contributed by atoms with Crippen LogP contribution in [-0.4, -0.2) is 29.8 Å². The molecule has 0 amide bonds. The van der Waals surface area contributed by atoms with Crippen molar-refractivity contribution in [1.29, 1.82) is 0 Å². The molecule has 1 aliphatic rings. The average Bonchev–Trinajstić information content (AvgIpc) is 3.16. The van der Waals surface area contributed by atoms with E-state index in [2.05, 4.69) is 24.0 Å². The number of rotatable bonds is 8. The third-order valence-electron chi connectivity index (χ3n) is 4.08. The fourth-order valence-electron chi connectivity index (χ4n) is 2.73. The molecule has 0 saturated heterocycles. The summed E-state index contributed by atoms with van der Waals surface area (Å²) in [7, 11) is 0. The van der Waals surface area contributed by atoms with E-state index in [4.69, 9.17) is 14.0 Å². The second kappa shape index (κ2) is 7.72. The molecule has 0 N–H and O–H groups in total. The van der Waals surface area contributed by atoms with Crippen molar-refractivity contribution in [1.82, 2.24) is 5.16 Å². The van der Waals surface area contributed by atoms with Crippen LogP contribution in [0.3, 0.4) is 0 Å². The van der Waals surface area contributed by atoms with E-state index >= 15 is 0 Å². The molecule has 0 atom stereocenters. The highest BCUT2D eigenvalue weighted by atomic mass is 16.5. The van der Waals surface area contributed by atoms with Crippen LogP contribution in [-0.2, 0) is 11.2 Å². The number of unbranched alkanes of at least 4 members (excludes halogenated alkanes) is 2. The van der Waals surface area contributed by atoms with E-state index in [0.29, 0.717) is 6.61 Å². The van der Waals surface area contributed by atoms with Crippen LogP contribution in [0.5, 0.6) is 5.75 Å². The number of aryl methyl sites for hydroxylation is 2. The van der Waals surface area contributed by atoms with E-state index < -0.39 is 0 Å². The van der Waals surface area contributed by atoms with Gasteiger partial charge >= 0.3 is 0 Å². The van der Waals surface area contributed by atoms with Crippen LogP contribution in [0.1, 0.15) is 50.1 Å². The van der Waals surface area contributed by atoms with Crippen LogP contribution in [0.25, 0.3) is 0 Å². The van der Waals surface area contributed by atoms with Crippen molar-refractivity contribution >= 4 is 5.90 Å². The van der Waals surface area contributed by atoms with Gasteiger partial charge in [0, 0.05) is 18.1 Å². The third-order valence-corrected chi connectivity index (χ3v) is 4.08. The Bertz CT molecular complexity index is 717. The van der Waals surface area contributed by atoms with Gasteiger partial charge in [-0.05, 0) is 64.3 Å². The molecule has 1 aromatic carbocycles. The van der Waals surface area contributed by atoms with Crippen molar-refractivity contribution in [3.63, 3.8) is 0 Å². The van der Waals surface area contributed by atoms with Gasteiger partial charge in [-0.15, -0.1) is 0 Å². The Morgan fingerprint density at radius 2 is 1.92 bits per heavy atom. The zero-order valence-electron chi connectivity index (χ0n) is 15.2. The maximum atomic E-state index is 5.80. The zero-order valence-corrected chi connectivity index (χ0v) is 15.2. The summed E-state index contributed by atoms with van der Waals surface area (Å²) in [6, 6.07) is 9.95. The quantitative estimate of drug-likeness (QED) is 0.670. The maximum Gasteiger partial charge on any atom is 0.216 e. The highest BCUT2D eigenvalue weighted by Crippen LogP contribution is 2.22. The molecule has 0 spiro atoms. The first-order valence-electron chi connectivity index (χ1n) is 8.90. The molecule has 0 aliphatic carbocycles. The Labute approximate surface area is 149 Å². The first kappa shape index (κ1) is 17.5. The first-order chi connectivity index (χ1) is 12.0. The fourth-order valence-corrected chi connectivity index (χ4v) is 2.73. The number of nitrogens with zero attached hydrogens (tertiary/aromatic N) is 2. The molecule has 0 bridgehead atoms. The Morgan fingerprint density at radius 1 is 1.12 bits per heavy atom. The molecule has 5 nitrogen and oxygen atoms in total. The number of ether oxygens (including phenoxy) is 2. The van der Waals surface area contributed by atoms with Gasteiger partial charge in [-0.3, -0.25) is 0 Å². The van der Waals surface area contributed by atoms with Gasteiger partial charge in [0.15, 0.2) is 0 Å². The van der Waals surface area contributed by atoms with E-state index in [9.17, 15) is 0 Å². The number of aliphatic imine (C=N–C) groups is 1. The van der Waals surface area contributed by atoms with Gasteiger partial charge < -0.3 is 14.0 Å². The Morgan fingerprint density at radius 3 is 2.56 bits per heavy atom. The van der Waals surface area contributed by atoms with E-state index in [1.165, 1.54) is 0 Å². The van der Waals surface area contributed by atoms with Crippen LogP contribution in [0, 0.1) is 6.92 Å². The van der Waals surface area contributed by atoms with E-state index in [-0.39, 0.29) is 5.54 Å². The van der Waals surface area contributed by atoms with E-state index in [1.807, 2.05) is 37.3 Å². The predicted octanol–water partition coefficient (Wildman–Crippen LogP) is 4.33. The minimum Gasteiger partial charge on any atom is -0.494 e. The highest BCUT2D eigenvalue weighted by Gasteiger charge is 2.26. The van der Waals surface area contributed by atoms with E-state index in [1.54, 1.807) is 0 Å². The normalized spacial score (nSPS) is 15.7. The molecular weight excluding hydrogens is 316 g/mol. The summed E-state index contributed by atoms with van der Waals surface area (Å²) in [5, 5.41) is 3.90. The number of hydrogen-bond donors (Lipinski definition) is 0. The number of hydrogen-bond acceptors (Lipinski definition) is 5. The van der Waals surface area contributed by atoms with Crippen LogP contribution in [0.2, 0.25) is 0 Å². The zero-order chi connectivity index (χ0) is 17.7. The van der Waals surface area contributed by atoms with Crippen molar-refractivity contribution in [3.8, 4) is 5.75 Å². The molecule has 5 heteroatoms. The smallest absolute Gasteiger partial charge is 0.216 e. The molecule has 0 unspecified atom stereocenters. The summed E-state index contributed by atoms with van der Waals surface area (Å²) in [6.07, 6.45) is 4.16. The van der Waals surface area contributed by atoms with Crippen molar-refractivity contribution in [2.75, 3.05) is 13.2 Å². The second-order valence-corrected chi connectivity index (χ2v) is 7.14. The lowest BCUT2D eigenvalue weighted by Gasteiger charge is -2.07. The summed E-state index contributed by atoms with van der Waals surface area (Å²) in [5.41, 5.74) is 1.81. The average molecular weight is 342 g/mol. The third kappa shape index (κ3) is 5.08. The minimum absolute atomic E-state index is 0.130. The van der Waals surface area contributed by atoms with Crippen molar-refractivity contribution < 1.29 is 14.0 Å². The Balaban J connectivity index is 1.36. The molecule has 2 aromatic rings. The summed E-state index contributed by atoms with van der Waals surface area (Å²) in [4.78, 5) is 4.58. The standard InChI is InChI=1S/C20H26N2O3/c1-15-13-18(25-22-15)7-5-4-6-12-23-17-10-8-16(9-11-17)19-21-20(2,3)14-24-19/h8-11,13H,4-7,12,14H2,1-3H3. The molecule has 0 radical (unpaired) electrons. The number of aromatic nitrogens is 1. The molecule has 1 aliphatic heterocycles. The van der Waals surface area contributed by atoms with Gasteiger partial charge in [0.1, 0.15) is 18.1 Å². The van der Waals surface area contributed by atoms with Crippen LogP contribution >= 0.6 is 0 Å². The molecule has 1 aromatic heterocycles. The molecule has 25 heavy (non-hydrogen) atoms. The minimum atomic E-state index is -0.130. The van der Waals surface area contributed by atoms with Gasteiger partial charge in [-0.1, -0.05) is 5.16 Å². The van der Waals surface area contributed by atoms with Crippen LogP contribution < -0.4 is 4.74 Å². The summed E-state index contributed by atoms with van der Waals surface area (Å²) in [5.74, 6) is 2.57. The van der Waals surface area contributed by atoms with Gasteiger partial charge in [-0.25, -0.2) is 4.99 Å². The van der Waals surface area contributed by atoms with E-state index in [0.717, 1.165) is 61.0 Å². The summed E-state index contributed by atoms with van der Waals surface area (Å²) < 4.78 is 16.7. The molecule has 0 fully saturated rings. The summed E-state index contributed by atoms with van der Waals surface area (Å²) >= 11 is 0. The highest BCUT2D eigenvalue weighted by molar-refractivity contribution is 5.95. The molecular formula is C20H26N2O3. The SMILES string of the molecule is Cc1cc(CCCCCOc2ccc(C3=NC(C)(C)CO3)cc2)on1. The lowest BCUT2D eigenvalue weighted by atomic mass is 10.1. The maximum absolute atomic E-state index is 5.80. The fraction of sp³-hybridized carbons (Fsp3) is 0.500. The first-order valence-corrected chi connectivity index (χ1v) is 8.90. The lowest BCUT2D eigenvalue weighted by Crippen LogP contribution is -2.17.